The molecule has 0 bridgehead atoms. The zero-order valence-electron chi connectivity index (χ0n) is 7.98. The zero-order valence-corrected chi connectivity index (χ0v) is 8.87. The summed E-state index contributed by atoms with van der Waals surface area (Å²) in [5, 5.41) is 2.64. The molecule has 0 radical (unpaired) electrons. The first-order chi connectivity index (χ1) is 6.47. The topological polar surface area (TPSA) is 86.6 Å². The number of carbonyl (C=O) groups is 1. The molecule has 16 heavy (non-hydrogen) atoms. The van der Waals surface area contributed by atoms with Gasteiger partial charge in [-0.2, -0.15) is 0 Å². The van der Waals surface area contributed by atoms with E-state index in [0.717, 1.165) is 25.7 Å². The van der Waals surface area contributed by atoms with Gasteiger partial charge >= 0.3 is 66.7 Å². The van der Waals surface area contributed by atoms with Crippen LogP contribution in [0.25, 0.3) is 0 Å². The number of rotatable bonds is 3. The fraction of sp³-hybridized carbons (Fsp3) is 0.875. The molecule has 3 N–H and O–H groups in total. The Balaban J connectivity index is 0. The molecule has 1 aliphatic carbocycles. The van der Waals surface area contributed by atoms with E-state index in [1.165, 1.54) is 6.42 Å². The van der Waals surface area contributed by atoms with Gasteiger partial charge in [-0.05, 0) is 12.8 Å². The second-order valence-electron chi connectivity index (χ2n) is 3.73. The summed E-state index contributed by atoms with van der Waals surface area (Å²) in [6.07, 6.45) is 4.51. The van der Waals surface area contributed by atoms with Gasteiger partial charge in [-0.1, -0.05) is 19.3 Å². The first-order valence-electron chi connectivity index (χ1n) is 4.81. The fourth-order valence-electron chi connectivity index (χ4n) is 1.71. The Kier molecular flexibility index (Phi) is 11.9. The molecule has 1 rings (SSSR count). The molecule has 86 valence electrons. The Morgan fingerprint density at radius 2 is 1.69 bits per heavy atom. The van der Waals surface area contributed by atoms with Gasteiger partial charge in [-0.3, -0.25) is 9.36 Å². The van der Waals surface area contributed by atoms with Crippen LogP contribution in [0.5, 0.6) is 0 Å². The standard InChI is InChI=1S/C8H16NO4P.2Na.2H/c10-8(6-14(11,12)13)9-7-4-2-1-3-5-7;;;;/h7H,1-6H2,(H,9,10)(H2,11,12,13);;;;. The van der Waals surface area contributed by atoms with E-state index in [1.807, 2.05) is 0 Å². The number of hydrogen-bond donors (Lipinski definition) is 3. The van der Waals surface area contributed by atoms with E-state index in [9.17, 15) is 9.36 Å². The van der Waals surface area contributed by atoms with Crippen LogP contribution in [0.3, 0.4) is 0 Å². The van der Waals surface area contributed by atoms with Gasteiger partial charge in [0.05, 0.1) is 0 Å². The van der Waals surface area contributed by atoms with Crippen LogP contribution in [-0.2, 0) is 9.36 Å². The monoisotopic (exact) mass is 269 g/mol. The molecule has 0 heterocycles. The average Bonchev–Trinajstić information content (AvgIpc) is 2.02. The molecule has 0 unspecified atom stereocenters. The van der Waals surface area contributed by atoms with Gasteiger partial charge in [0.2, 0.25) is 5.91 Å². The second-order valence-corrected chi connectivity index (χ2v) is 5.37. The fourth-order valence-corrected chi connectivity index (χ4v) is 2.17. The maximum absolute atomic E-state index is 11.1. The summed E-state index contributed by atoms with van der Waals surface area (Å²) < 4.78 is 10.5. The predicted molar refractivity (Wildman–Crippen MR) is 66.2 cm³/mol. The van der Waals surface area contributed by atoms with E-state index in [-0.39, 0.29) is 65.2 Å². The molecule has 0 aromatic rings. The Morgan fingerprint density at radius 3 is 2.12 bits per heavy atom. The molecule has 0 aromatic carbocycles. The van der Waals surface area contributed by atoms with Crippen molar-refractivity contribution in [2.75, 3.05) is 6.16 Å². The van der Waals surface area contributed by atoms with Crippen LogP contribution < -0.4 is 5.32 Å². The first kappa shape index (κ1) is 19.9. The van der Waals surface area contributed by atoms with Crippen molar-refractivity contribution in [1.82, 2.24) is 5.32 Å². The minimum atomic E-state index is -4.20. The SMILES string of the molecule is O=C(CP(=O)(O)O)NC1CCCCC1.[NaH].[NaH]. The van der Waals surface area contributed by atoms with Crippen LogP contribution in [-0.4, -0.2) is 87.0 Å². The second kappa shape index (κ2) is 9.54. The van der Waals surface area contributed by atoms with Crippen molar-refractivity contribution in [1.29, 1.82) is 0 Å². The number of nitrogens with one attached hydrogen (secondary N) is 1. The van der Waals surface area contributed by atoms with E-state index in [0.29, 0.717) is 0 Å². The zero-order chi connectivity index (χ0) is 10.6. The van der Waals surface area contributed by atoms with E-state index in [1.54, 1.807) is 0 Å². The number of carbonyl (C=O) groups excluding carboxylic acids is 1. The molecule has 1 amide bonds. The van der Waals surface area contributed by atoms with Crippen LogP contribution in [0.2, 0.25) is 0 Å². The van der Waals surface area contributed by atoms with Gasteiger partial charge in [-0.25, -0.2) is 0 Å². The number of amides is 1. The summed E-state index contributed by atoms with van der Waals surface area (Å²) in [5.41, 5.74) is 0. The summed E-state index contributed by atoms with van der Waals surface area (Å²) in [6.45, 7) is 0. The van der Waals surface area contributed by atoms with E-state index >= 15 is 0 Å². The molecule has 0 spiro atoms. The average molecular weight is 269 g/mol. The van der Waals surface area contributed by atoms with Gasteiger partial charge < -0.3 is 15.1 Å². The van der Waals surface area contributed by atoms with Crippen molar-refractivity contribution >= 4 is 72.6 Å². The molecular weight excluding hydrogens is 251 g/mol. The molecule has 1 fully saturated rings. The molecule has 1 aliphatic rings. The molecule has 0 atom stereocenters. The van der Waals surface area contributed by atoms with E-state index in [2.05, 4.69) is 5.32 Å². The summed E-state index contributed by atoms with van der Waals surface area (Å²) in [7, 11) is -4.20. The minimum absolute atomic E-state index is 0. The molecule has 0 saturated heterocycles. The third kappa shape index (κ3) is 9.63. The van der Waals surface area contributed by atoms with E-state index < -0.39 is 19.7 Å². The van der Waals surface area contributed by atoms with Gasteiger partial charge in [0, 0.05) is 6.04 Å². The third-order valence-corrected chi connectivity index (χ3v) is 3.02. The number of hydrogen-bond acceptors (Lipinski definition) is 2. The molecule has 1 saturated carbocycles. The van der Waals surface area contributed by atoms with Crippen LogP contribution in [0.1, 0.15) is 32.1 Å². The summed E-state index contributed by atoms with van der Waals surface area (Å²) in [5.74, 6) is -0.537. The van der Waals surface area contributed by atoms with Gasteiger partial charge in [-0.15, -0.1) is 0 Å². The van der Waals surface area contributed by atoms with Gasteiger partial charge in [0.1, 0.15) is 6.16 Å². The van der Waals surface area contributed by atoms with Gasteiger partial charge in [0.15, 0.2) is 0 Å². The quantitative estimate of drug-likeness (QED) is 0.468. The Labute approximate surface area is 140 Å². The third-order valence-electron chi connectivity index (χ3n) is 2.32. The van der Waals surface area contributed by atoms with Crippen LogP contribution in [0, 0.1) is 0 Å². The van der Waals surface area contributed by atoms with Crippen LogP contribution >= 0.6 is 7.60 Å². The van der Waals surface area contributed by atoms with Crippen LogP contribution in [0.15, 0.2) is 0 Å². The van der Waals surface area contributed by atoms with Crippen molar-refractivity contribution in [2.24, 2.45) is 0 Å². The van der Waals surface area contributed by atoms with Gasteiger partial charge in [0.25, 0.3) is 0 Å². The summed E-state index contributed by atoms with van der Waals surface area (Å²) in [4.78, 5) is 28.3. The molecular formula is C8H18NNa2O4P. The van der Waals surface area contributed by atoms with Crippen LogP contribution in [0.4, 0.5) is 0 Å². The Bertz CT molecular complexity index is 252. The summed E-state index contributed by atoms with van der Waals surface area (Å²) >= 11 is 0. The molecule has 5 nitrogen and oxygen atoms in total. The van der Waals surface area contributed by atoms with Crippen molar-refractivity contribution < 1.29 is 19.1 Å². The Morgan fingerprint density at radius 1 is 1.19 bits per heavy atom. The predicted octanol–water partition coefficient (Wildman–Crippen LogP) is -0.684. The first-order valence-corrected chi connectivity index (χ1v) is 6.61. The van der Waals surface area contributed by atoms with Crippen molar-refractivity contribution in [2.45, 2.75) is 38.1 Å². The molecule has 0 aliphatic heterocycles. The normalized spacial score (nSPS) is 16.9. The summed E-state index contributed by atoms with van der Waals surface area (Å²) in [6, 6.07) is 0.114. The van der Waals surface area contributed by atoms with E-state index in [4.69, 9.17) is 9.79 Å². The molecule has 8 heteroatoms. The maximum atomic E-state index is 11.1. The van der Waals surface area contributed by atoms with Crippen molar-refractivity contribution in [3.63, 3.8) is 0 Å². The van der Waals surface area contributed by atoms with Crippen molar-refractivity contribution in [3.8, 4) is 0 Å². The van der Waals surface area contributed by atoms with Crippen molar-refractivity contribution in [3.05, 3.63) is 0 Å². The molecule has 0 aromatic heterocycles. The Hall–Kier alpha value is 1.62.